The lowest BCUT2D eigenvalue weighted by molar-refractivity contribution is 0.0584. The van der Waals surface area contributed by atoms with Gasteiger partial charge in [-0.15, -0.1) is 0 Å². The third-order valence-electron chi connectivity index (χ3n) is 2.29. The van der Waals surface area contributed by atoms with Gasteiger partial charge in [-0.05, 0) is 12.1 Å². The summed E-state index contributed by atoms with van der Waals surface area (Å²) in [6, 6.07) is 2.24. The molecule has 0 unspecified atom stereocenters. The van der Waals surface area contributed by atoms with E-state index >= 15 is 0 Å². The standard InChI is InChI=1S/C12H10O6/c1-17-11(15)9-3-8(6-14)10(12(16)18-2)4-7(9)5-13/h3-6H,1-2H3. The molecule has 0 aliphatic carbocycles. The van der Waals surface area contributed by atoms with Crippen LogP contribution in [0.5, 0.6) is 0 Å². The summed E-state index contributed by atoms with van der Waals surface area (Å²) in [5, 5.41) is 0. The molecule has 0 heterocycles. The SMILES string of the molecule is COC(=O)c1cc(C=O)c(C(=O)OC)cc1C=O. The van der Waals surface area contributed by atoms with Gasteiger partial charge in [0.1, 0.15) is 0 Å². The second-order valence-corrected chi connectivity index (χ2v) is 3.25. The highest BCUT2D eigenvalue weighted by molar-refractivity contribution is 6.05. The molecule has 0 fully saturated rings. The molecule has 0 aliphatic rings. The van der Waals surface area contributed by atoms with Gasteiger partial charge in [0.25, 0.3) is 0 Å². The molecule has 0 radical (unpaired) electrons. The first-order valence-electron chi connectivity index (χ1n) is 4.84. The molecular formula is C12H10O6. The van der Waals surface area contributed by atoms with Crippen LogP contribution in [0.2, 0.25) is 0 Å². The number of hydrogen-bond acceptors (Lipinski definition) is 6. The molecule has 0 atom stereocenters. The monoisotopic (exact) mass is 250 g/mol. The van der Waals surface area contributed by atoms with E-state index in [2.05, 4.69) is 9.47 Å². The van der Waals surface area contributed by atoms with E-state index in [4.69, 9.17) is 0 Å². The number of rotatable bonds is 4. The molecule has 1 rings (SSSR count). The predicted octanol–water partition coefficient (Wildman–Crippen LogP) is 0.885. The maximum Gasteiger partial charge on any atom is 0.338 e. The van der Waals surface area contributed by atoms with E-state index in [0.717, 1.165) is 26.4 Å². The van der Waals surface area contributed by atoms with Crippen LogP contribution < -0.4 is 0 Å². The molecule has 94 valence electrons. The molecule has 0 N–H and O–H groups in total. The van der Waals surface area contributed by atoms with Crippen LogP contribution in [0.4, 0.5) is 0 Å². The van der Waals surface area contributed by atoms with Gasteiger partial charge in [-0.25, -0.2) is 9.59 Å². The Balaban J connectivity index is 3.51. The average Bonchev–Trinajstić information content (AvgIpc) is 2.43. The van der Waals surface area contributed by atoms with Crippen molar-refractivity contribution >= 4 is 24.5 Å². The first kappa shape index (κ1) is 13.6. The Bertz CT molecular complexity index is 470. The summed E-state index contributed by atoms with van der Waals surface area (Å²) in [5.74, 6) is -1.53. The largest absolute Gasteiger partial charge is 0.465 e. The van der Waals surface area contributed by atoms with Crippen molar-refractivity contribution in [3.8, 4) is 0 Å². The number of hydrogen-bond donors (Lipinski definition) is 0. The number of esters is 2. The quantitative estimate of drug-likeness (QED) is 0.582. The lowest BCUT2D eigenvalue weighted by atomic mass is 9.99. The minimum atomic E-state index is -0.767. The van der Waals surface area contributed by atoms with Gasteiger partial charge < -0.3 is 9.47 Å². The Morgan fingerprint density at radius 3 is 1.44 bits per heavy atom. The van der Waals surface area contributed by atoms with Crippen LogP contribution in [0.3, 0.4) is 0 Å². The normalized spacial score (nSPS) is 9.44. The highest BCUT2D eigenvalue weighted by Gasteiger charge is 2.19. The molecule has 0 aromatic heterocycles. The van der Waals surface area contributed by atoms with Gasteiger partial charge in [0, 0.05) is 11.1 Å². The minimum Gasteiger partial charge on any atom is -0.465 e. The van der Waals surface area contributed by atoms with Crippen molar-refractivity contribution in [2.75, 3.05) is 14.2 Å². The van der Waals surface area contributed by atoms with Crippen LogP contribution in [0.1, 0.15) is 41.4 Å². The van der Waals surface area contributed by atoms with Gasteiger partial charge in [-0.1, -0.05) is 0 Å². The summed E-state index contributed by atoms with van der Waals surface area (Å²) in [4.78, 5) is 44.5. The second kappa shape index (κ2) is 5.72. The zero-order chi connectivity index (χ0) is 13.7. The van der Waals surface area contributed by atoms with Crippen molar-refractivity contribution in [1.29, 1.82) is 0 Å². The molecule has 18 heavy (non-hydrogen) atoms. The topological polar surface area (TPSA) is 86.7 Å². The molecule has 0 amide bonds. The van der Waals surface area contributed by atoms with E-state index in [1.54, 1.807) is 0 Å². The third kappa shape index (κ3) is 2.42. The Hall–Kier alpha value is -2.50. The maximum absolute atomic E-state index is 11.4. The number of aldehydes is 2. The van der Waals surface area contributed by atoms with E-state index in [1.807, 2.05) is 0 Å². The van der Waals surface area contributed by atoms with E-state index in [9.17, 15) is 19.2 Å². The fourth-order valence-corrected chi connectivity index (χ4v) is 1.40. The molecule has 0 bridgehead atoms. The Kier molecular flexibility index (Phi) is 4.31. The van der Waals surface area contributed by atoms with E-state index in [-0.39, 0.29) is 22.3 Å². The lowest BCUT2D eigenvalue weighted by Gasteiger charge is -2.07. The molecule has 0 saturated heterocycles. The number of methoxy groups -OCH3 is 2. The number of carbonyl (C=O) groups excluding carboxylic acids is 4. The van der Waals surface area contributed by atoms with Crippen molar-refractivity contribution in [1.82, 2.24) is 0 Å². The Labute approximate surface area is 102 Å². The van der Waals surface area contributed by atoms with E-state index in [0.29, 0.717) is 12.6 Å². The number of carbonyl (C=O) groups is 4. The fraction of sp³-hybridized carbons (Fsp3) is 0.167. The average molecular weight is 250 g/mol. The van der Waals surface area contributed by atoms with Crippen molar-refractivity contribution in [2.24, 2.45) is 0 Å². The zero-order valence-electron chi connectivity index (χ0n) is 9.76. The first-order valence-corrected chi connectivity index (χ1v) is 4.84. The van der Waals surface area contributed by atoms with Crippen LogP contribution in [0.15, 0.2) is 12.1 Å². The van der Waals surface area contributed by atoms with Crippen LogP contribution in [0.25, 0.3) is 0 Å². The van der Waals surface area contributed by atoms with E-state index in [1.165, 1.54) is 0 Å². The van der Waals surface area contributed by atoms with Crippen molar-refractivity contribution in [2.45, 2.75) is 0 Å². The predicted molar refractivity (Wildman–Crippen MR) is 59.9 cm³/mol. The van der Waals surface area contributed by atoms with Crippen molar-refractivity contribution in [3.05, 3.63) is 34.4 Å². The lowest BCUT2D eigenvalue weighted by Crippen LogP contribution is -2.12. The molecule has 1 aromatic rings. The van der Waals surface area contributed by atoms with Crippen LogP contribution >= 0.6 is 0 Å². The van der Waals surface area contributed by atoms with Crippen LogP contribution in [-0.4, -0.2) is 38.7 Å². The Morgan fingerprint density at radius 2 is 1.22 bits per heavy atom. The summed E-state index contributed by atoms with van der Waals surface area (Å²) < 4.78 is 8.95. The van der Waals surface area contributed by atoms with Gasteiger partial charge in [-0.2, -0.15) is 0 Å². The molecule has 0 saturated carbocycles. The summed E-state index contributed by atoms with van der Waals surface area (Å²) in [6.45, 7) is 0. The molecule has 1 aromatic carbocycles. The van der Waals surface area contributed by atoms with Gasteiger partial charge in [0.15, 0.2) is 12.6 Å². The minimum absolute atomic E-state index is 0.0483. The summed E-state index contributed by atoms with van der Waals surface area (Å²) >= 11 is 0. The molecule has 6 heteroatoms. The first-order chi connectivity index (χ1) is 8.58. The van der Waals surface area contributed by atoms with Crippen molar-refractivity contribution in [3.63, 3.8) is 0 Å². The summed E-state index contributed by atoms with van der Waals surface area (Å²) in [5.41, 5.74) is -0.259. The molecular weight excluding hydrogens is 240 g/mol. The molecule has 6 nitrogen and oxygen atoms in total. The van der Waals surface area contributed by atoms with Gasteiger partial charge >= 0.3 is 11.9 Å². The summed E-state index contributed by atoms with van der Waals surface area (Å²) in [7, 11) is 2.29. The highest BCUT2D eigenvalue weighted by Crippen LogP contribution is 2.17. The smallest absolute Gasteiger partial charge is 0.338 e. The van der Waals surface area contributed by atoms with Gasteiger partial charge in [-0.3, -0.25) is 9.59 Å². The molecule has 0 spiro atoms. The van der Waals surface area contributed by atoms with Gasteiger partial charge in [0.05, 0.1) is 25.3 Å². The highest BCUT2D eigenvalue weighted by atomic mass is 16.5. The fourth-order valence-electron chi connectivity index (χ4n) is 1.40. The van der Waals surface area contributed by atoms with E-state index < -0.39 is 11.9 Å². The third-order valence-corrected chi connectivity index (χ3v) is 2.29. The molecule has 0 aliphatic heterocycles. The van der Waals surface area contributed by atoms with Crippen LogP contribution in [-0.2, 0) is 9.47 Å². The summed E-state index contributed by atoms with van der Waals surface area (Å²) in [6.07, 6.45) is 0.792. The van der Waals surface area contributed by atoms with Crippen LogP contribution in [0, 0.1) is 0 Å². The number of benzene rings is 1. The zero-order valence-corrected chi connectivity index (χ0v) is 9.76. The van der Waals surface area contributed by atoms with Gasteiger partial charge in [0.2, 0.25) is 0 Å². The van der Waals surface area contributed by atoms with Crippen molar-refractivity contribution < 1.29 is 28.7 Å². The second-order valence-electron chi connectivity index (χ2n) is 3.25. The Morgan fingerprint density at radius 1 is 0.889 bits per heavy atom. The maximum atomic E-state index is 11.4. The number of ether oxygens (including phenoxy) is 2.